The normalized spacial score (nSPS) is 23.8. The topological polar surface area (TPSA) is 24.5 Å². The maximum Gasteiger partial charge on any atom is 0.242 e. The van der Waals surface area contributed by atoms with Gasteiger partial charge in [0, 0.05) is 25.9 Å². The summed E-state index contributed by atoms with van der Waals surface area (Å²) in [6.45, 7) is 6.25. The van der Waals surface area contributed by atoms with E-state index in [1.54, 1.807) is 36.2 Å². The van der Waals surface area contributed by atoms with Gasteiger partial charge in [-0.05, 0) is 51.2 Å². The van der Waals surface area contributed by atoms with Gasteiger partial charge < -0.3 is 9.64 Å². The summed E-state index contributed by atoms with van der Waals surface area (Å²) in [5, 5.41) is 0. The molecule has 0 aromatic heterocycles. The van der Waals surface area contributed by atoms with Crippen LogP contribution < -0.4 is 9.46 Å². The van der Waals surface area contributed by atoms with Crippen molar-refractivity contribution in [2.24, 2.45) is 5.92 Å². The number of nitrogens with zero attached hydrogens (tertiary/aromatic N) is 1. The third-order valence-electron chi connectivity index (χ3n) is 4.67. The second-order valence-corrected chi connectivity index (χ2v) is 8.32. The summed E-state index contributed by atoms with van der Waals surface area (Å²) in [6, 6.07) is 8.92. The van der Waals surface area contributed by atoms with Crippen LogP contribution in [0.15, 0.2) is 30.3 Å². The number of rotatable bonds is 6. The van der Waals surface area contributed by atoms with Crippen molar-refractivity contribution in [2.45, 2.75) is 57.8 Å². The van der Waals surface area contributed by atoms with Gasteiger partial charge in [-0.15, -0.1) is 0 Å². The molecule has 2 unspecified atom stereocenters. The van der Waals surface area contributed by atoms with Crippen LogP contribution in [0.1, 0.15) is 46.5 Å². The minimum atomic E-state index is -1.60. The molecule has 0 saturated heterocycles. The van der Waals surface area contributed by atoms with E-state index in [4.69, 9.17) is 4.74 Å². The fraction of sp³-hybridized carbons (Fsp3) is 0.700. The smallest absolute Gasteiger partial charge is 0.242 e. The Morgan fingerprint density at radius 3 is 2.44 bits per heavy atom. The molecule has 1 saturated carbocycles. The lowest BCUT2D eigenvalue weighted by molar-refractivity contribution is -0.0257. The Balaban J connectivity index is 0.000000257. The van der Waals surface area contributed by atoms with Gasteiger partial charge in [0.1, 0.15) is 5.75 Å². The highest BCUT2D eigenvalue weighted by Crippen LogP contribution is 2.35. The summed E-state index contributed by atoms with van der Waals surface area (Å²) in [5.41, 5.74) is 0.403. The third-order valence-corrected chi connectivity index (χ3v) is 5.10. The second-order valence-electron chi connectivity index (χ2n) is 7.62. The van der Waals surface area contributed by atoms with Gasteiger partial charge in [0.2, 0.25) is 5.85 Å². The van der Waals surface area contributed by atoms with Crippen LogP contribution in [0.25, 0.3) is 0 Å². The van der Waals surface area contributed by atoms with Gasteiger partial charge in [-0.1, -0.05) is 49.9 Å². The molecule has 0 radical (unpaired) electrons. The number of halogens is 1. The van der Waals surface area contributed by atoms with Crippen molar-refractivity contribution in [3.63, 3.8) is 0 Å². The fourth-order valence-electron chi connectivity index (χ4n) is 3.33. The molecule has 25 heavy (non-hydrogen) atoms. The number of nitrogens with one attached hydrogen (secondary N) is 1. The van der Waals surface area contributed by atoms with Crippen molar-refractivity contribution < 1.29 is 9.13 Å². The van der Waals surface area contributed by atoms with E-state index in [9.17, 15) is 4.39 Å². The van der Waals surface area contributed by atoms with E-state index in [1.807, 2.05) is 6.07 Å². The molecule has 1 aromatic rings. The predicted molar refractivity (Wildman–Crippen MR) is 108 cm³/mol. The van der Waals surface area contributed by atoms with Crippen molar-refractivity contribution in [1.82, 2.24) is 9.62 Å². The van der Waals surface area contributed by atoms with Crippen LogP contribution in [0.2, 0.25) is 0 Å². The molecule has 1 N–H and O–H groups in total. The minimum Gasteiger partial charge on any atom is -0.459 e. The number of alkyl halides is 1. The highest BCUT2D eigenvalue weighted by molar-refractivity contribution is 7.96. The summed E-state index contributed by atoms with van der Waals surface area (Å²) in [5.74, 6) is -0.156. The fourth-order valence-corrected chi connectivity index (χ4v) is 3.75. The second kappa shape index (κ2) is 10.4. The van der Waals surface area contributed by atoms with Crippen LogP contribution in [0.4, 0.5) is 4.39 Å². The average Bonchev–Trinajstić information content (AvgIpc) is 2.53. The van der Waals surface area contributed by atoms with E-state index >= 15 is 0 Å². The largest absolute Gasteiger partial charge is 0.459 e. The Kier molecular flexibility index (Phi) is 9.25. The Labute approximate surface area is 157 Å². The Hall–Kier alpha value is -0.780. The molecule has 0 bridgehead atoms. The van der Waals surface area contributed by atoms with Gasteiger partial charge in [-0.25, -0.2) is 0 Å². The van der Waals surface area contributed by atoms with E-state index in [1.165, 1.54) is 39.5 Å². The molecule has 1 aliphatic carbocycles. The first kappa shape index (κ1) is 22.3. The molecule has 3 nitrogen and oxygen atoms in total. The molecule has 0 amide bonds. The van der Waals surface area contributed by atoms with Crippen molar-refractivity contribution in [3.8, 4) is 5.75 Å². The summed E-state index contributed by atoms with van der Waals surface area (Å²) in [7, 11) is 4.44. The molecule has 2 rings (SSSR count). The van der Waals surface area contributed by atoms with Gasteiger partial charge in [0.05, 0.1) is 0 Å². The summed E-state index contributed by atoms with van der Waals surface area (Å²) in [4.78, 5) is 2.42. The van der Waals surface area contributed by atoms with Crippen molar-refractivity contribution in [2.75, 3.05) is 26.9 Å². The van der Waals surface area contributed by atoms with Crippen molar-refractivity contribution in [1.29, 1.82) is 0 Å². The van der Waals surface area contributed by atoms with Crippen LogP contribution >= 0.6 is 11.9 Å². The zero-order valence-electron chi connectivity index (χ0n) is 16.6. The van der Waals surface area contributed by atoms with Crippen LogP contribution in [-0.2, 0) is 0 Å². The van der Waals surface area contributed by atoms with E-state index in [-0.39, 0.29) is 0 Å². The monoisotopic (exact) mass is 370 g/mol. The van der Waals surface area contributed by atoms with E-state index in [2.05, 4.69) is 36.9 Å². The molecule has 144 valence electrons. The lowest BCUT2D eigenvalue weighted by Crippen LogP contribution is -2.53. The summed E-state index contributed by atoms with van der Waals surface area (Å²) in [6.07, 6.45) is 7.59. The van der Waals surface area contributed by atoms with Crippen molar-refractivity contribution in [3.05, 3.63) is 30.3 Å². The van der Waals surface area contributed by atoms with E-state index in [0.29, 0.717) is 11.3 Å². The molecule has 2 atom stereocenters. The third kappa shape index (κ3) is 8.43. The first-order chi connectivity index (χ1) is 11.7. The van der Waals surface area contributed by atoms with Crippen LogP contribution in [0.5, 0.6) is 5.75 Å². The molecule has 5 heteroatoms. The Morgan fingerprint density at radius 2 is 1.96 bits per heavy atom. The average molecular weight is 371 g/mol. The Bertz CT molecular complexity index is 478. The molecule has 1 aliphatic rings. The number of benzene rings is 1. The lowest BCUT2D eigenvalue weighted by atomic mass is 9.75. The highest BCUT2D eigenvalue weighted by Gasteiger charge is 2.36. The van der Waals surface area contributed by atoms with Crippen LogP contribution in [0, 0.1) is 5.92 Å². The maximum absolute atomic E-state index is 12.9. The molecular weight excluding hydrogens is 335 g/mol. The first-order valence-corrected chi connectivity index (χ1v) is 10.3. The predicted octanol–water partition coefficient (Wildman–Crippen LogP) is 5.14. The number of ether oxygens (including phenoxy) is 1. The number of para-hydroxylation sites is 1. The molecule has 0 aliphatic heterocycles. The van der Waals surface area contributed by atoms with Crippen LogP contribution in [-0.4, -0.2) is 43.2 Å². The molecular formula is C20H35FN2OS. The SMILES string of the molecule is CC(C)(F)Oc1ccccc1.CSNCC1(N(C)C)CCCC(C)C1. The van der Waals surface area contributed by atoms with Gasteiger partial charge >= 0.3 is 0 Å². The summed E-state index contributed by atoms with van der Waals surface area (Å²) >= 11 is 1.74. The maximum atomic E-state index is 12.9. The summed E-state index contributed by atoms with van der Waals surface area (Å²) < 4.78 is 21.2. The van der Waals surface area contributed by atoms with Gasteiger partial charge in [0.15, 0.2) is 0 Å². The molecule has 1 fully saturated rings. The van der Waals surface area contributed by atoms with Gasteiger partial charge in [0.25, 0.3) is 0 Å². The minimum absolute atomic E-state index is 0.403. The van der Waals surface area contributed by atoms with E-state index in [0.717, 1.165) is 12.5 Å². The van der Waals surface area contributed by atoms with Crippen molar-refractivity contribution >= 4 is 11.9 Å². The molecule has 0 heterocycles. The number of likely N-dealkylation sites (N-methyl/N-ethyl adjacent to an activating group) is 1. The van der Waals surface area contributed by atoms with E-state index < -0.39 is 5.85 Å². The van der Waals surface area contributed by atoms with Gasteiger partial charge in [-0.2, -0.15) is 4.39 Å². The standard InChI is InChI=1S/C11H24N2S.C9H11FO/c1-10-6-5-7-11(8-10,13(2)3)9-12-14-4;1-9(2,10)11-8-6-4-3-5-7-8/h10,12H,5-9H2,1-4H3;3-7H,1-2H3. The number of hydrogen-bond donors (Lipinski definition) is 1. The zero-order valence-corrected chi connectivity index (χ0v) is 17.5. The van der Waals surface area contributed by atoms with Gasteiger partial charge in [-0.3, -0.25) is 4.72 Å². The first-order valence-electron chi connectivity index (χ1n) is 9.05. The van der Waals surface area contributed by atoms with Crippen LogP contribution in [0.3, 0.4) is 0 Å². The molecule has 0 spiro atoms. The molecule has 1 aromatic carbocycles. The Morgan fingerprint density at radius 1 is 1.32 bits per heavy atom. The highest BCUT2D eigenvalue weighted by atomic mass is 32.2. The zero-order chi connectivity index (χ0) is 18.9. The quantitative estimate of drug-likeness (QED) is 0.701. The lowest BCUT2D eigenvalue weighted by Gasteiger charge is -2.45. The number of hydrogen-bond acceptors (Lipinski definition) is 4.